The van der Waals surface area contributed by atoms with Crippen molar-refractivity contribution in [2.45, 2.75) is 20.3 Å². The Bertz CT molecular complexity index is 489. The summed E-state index contributed by atoms with van der Waals surface area (Å²) >= 11 is 0. The number of nitrogens with zero attached hydrogens (tertiary/aromatic N) is 2. The average Bonchev–Trinajstić information content (AvgIpc) is 2.32. The van der Waals surface area contributed by atoms with Gasteiger partial charge in [-0.3, -0.25) is 0 Å². The van der Waals surface area contributed by atoms with Gasteiger partial charge in [-0.05, 0) is 24.5 Å². The van der Waals surface area contributed by atoms with Gasteiger partial charge in [-0.25, -0.2) is 9.97 Å². The third-order valence-electron chi connectivity index (χ3n) is 2.63. The number of hydrogen-bond donors (Lipinski definition) is 1. The van der Waals surface area contributed by atoms with Crippen LogP contribution in [0.4, 0.5) is 5.95 Å². The Labute approximate surface area is 95.4 Å². The highest BCUT2D eigenvalue weighted by molar-refractivity contribution is 5.63. The predicted molar refractivity (Wildman–Crippen MR) is 66.0 cm³/mol. The molecule has 0 fully saturated rings. The van der Waals surface area contributed by atoms with Crippen molar-refractivity contribution in [2.24, 2.45) is 0 Å². The molecule has 0 saturated heterocycles. The van der Waals surface area contributed by atoms with Gasteiger partial charge < -0.3 is 5.73 Å². The molecule has 2 rings (SSSR count). The van der Waals surface area contributed by atoms with Crippen LogP contribution in [0.15, 0.2) is 30.5 Å². The molecule has 0 atom stereocenters. The topological polar surface area (TPSA) is 51.8 Å². The summed E-state index contributed by atoms with van der Waals surface area (Å²) in [6.45, 7) is 4.13. The summed E-state index contributed by atoms with van der Waals surface area (Å²) in [6.07, 6.45) is 2.80. The van der Waals surface area contributed by atoms with E-state index >= 15 is 0 Å². The van der Waals surface area contributed by atoms with Crippen molar-refractivity contribution in [1.29, 1.82) is 0 Å². The van der Waals surface area contributed by atoms with Crippen molar-refractivity contribution in [3.63, 3.8) is 0 Å². The van der Waals surface area contributed by atoms with Gasteiger partial charge in [0.1, 0.15) is 0 Å². The van der Waals surface area contributed by atoms with Gasteiger partial charge in [0.15, 0.2) is 0 Å². The summed E-state index contributed by atoms with van der Waals surface area (Å²) in [7, 11) is 0. The number of nitrogens with two attached hydrogens (primary N) is 1. The fraction of sp³-hybridized carbons (Fsp3) is 0.231. The van der Waals surface area contributed by atoms with E-state index < -0.39 is 0 Å². The SMILES string of the molecule is CCc1ccc(-c2nc(N)ncc2C)cc1. The maximum atomic E-state index is 5.60. The Hall–Kier alpha value is -1.90. The molecule has 2 N–H and O–H groups in total. The molecule has 3 heteroatoms. The van der Waals surface area contributed by atoms with Crippen molar-refractivity contribution >= 4 is 5.95 Å². The highest BCUT2D eigenvalue weighted by Gasteiger charge is 2.04. The Morgan fingerprint density at radius 3 is 2.50 bits per heavy atom. The molecule has 0 radical (unpaired) electrons. The first-order valence-corrected chi connectivity index (χ1v) is 5.39. The summed E-state index contributed by atoms with van der Waals surface area (Å²) in [5.74, 6) is 0.320. The summed E-state index contributed by atoms with van der Waals surface area (Å²) < 4.78 is 0. The Morgan fingerprint density at radius 1 is 1.19 bits per heavy atom. The third kappa shape index (κ3) is 2.03. The van der Waals surface area contributed by atoms with Gasteiger partial charge in [0, 0.05) is 11.8 Å². The fourth-order valence-corrected chi connectivity index (χ4v) is 1.65. The second-order valence-corrected chi connectivity index (χ2v) is 3.81. The maximum absolute atomic E-state index is 5.60. The lowest BCUT2D eigenvalue weighted by molar-refractivity contribution is 1.13. The van der Waals surface area contributed by atoms with Crippen LogP contribution in [0.3, 0.4) is 0 Å². The molecule has 0 bridgehead atoms. The van der Waals surface area contributed by atoms with Gasteiger partial charge in [-0.2, -0.15) is 0 Å². The van der Waals surface area contributed by atoms with E-state index in [0.29, 0.717) is 5.95 Å². The number of rotatable bonds is 2. The van der Waals surface area contributed by atoms with E-state index in [1.54, 1.807) is 6.20 Å². The average molecular weight is 213 g/mol. The molecular weight excluding hydrogens is 198 g/mol. The number of anilines is 1. The molecule has 0 aliphatic rings. The Kier molecular flexibility index (Phi) is 2.86. The minimum absolute atomic E-state index is 0.320. The number of benzene rings is 1. The summed E-state index contributed by atoms with van der Waals surface area (Å²) in [6, 6.07) is 8.39. The Balaban J connectivity index is 2.45. The summed E-state index contributed by atoms with van der Waals surface area (Å²) in [4.78, 5) is 8.23. The number of hydrogen-bond acceptors (Lipinski definition) is 3. The standard InChI is InChI=1S/C13H15N3/c1-3-10-4-6-11(7-5-10)12-9(2)8-15-13(14)16-12/h4-8H,3H2,1-2H3,(H2,14,15,16). The van der Waals surface area contributed by atoms with Gasteiger partial charge in [0.2, 0.25) is 5.95 Å². The van der Waals surface area contributed by atoms with Crippen LogP contribution in [-0.2, 0) is 6.42 Å². The number of aromatic nitrogens is 2. The number of nitrogen functional groups attached to an aromatic ring is 1. The molecule has 1 aromatic heterocycles. The smallest absolute Gasteiger partial charge is 0.220 e. The molecule has 0 aliphatic heterocycles. The summed E-state index contributed by atoms with van der Waals surface area (Å²) in [5, 5.41) is 0. The van der Waals surface area contributed by atoms with E-state index in [9.17, 15) is 0 Å². The molecule has 82 valence electrons. The van der Waals surface area contributed by atoms with Crippen molar-refractivity contribution in [1.82, 2.24) is 9.97 Å². The van der Waals surface area contributed by atoms with Crippen molar-refractivity contribution in [3.05, 3.63) is 41.6 Å². The monoisotopic (exact) mass is 213 g/mol. The van der Waals surface area contributed by atoms with Crippen LogP contribution in [0.1, 0.15) is 18.1 Å². The van der Waals surface area contributed by atoms with Crippen molar-refractivity contribution < 1.29 is 0 Å². The van der Waals surface area contributed by atoms with Gasteiger partial charge in [-0.1, -0.05) is 31.2 Å². The zero-order chi connectivity index (χ0) is 11.5. The largest absolute Gasteiger partial charge is 0.368 e. The Morgan fingerprint density at radius 2 is 1.88 bits per heavy atom. The molecular formula is C13H15N3. The van der Waals surface area contributed by atoms with E-state index in [1.165, 1.54) is 5.56 Å². The van der Waals surface area contributed by atoms with E-state index in [1.807, 2.05) is 6.92 Å². The van der Waals surface area contributed by atoms with Crippen LogP contribution in [0.5, 0.6) is 0 Å². The van der Waals surface area contributed by atoms with Crippen LogP contribution in [0.2, 0.25) is 0 Å². The molecule has 0 spiro atoms. The van der Waals surface area contributed by atoms with Gasteiger partial charge in [-0.15, -0.1) is 0 Å². The van der Waals surface area contributed by atoms with Crippen molar-refractivity contribution in [3.8, 4) is 11.3 Å². The van der Waals surface area contributed by atoms with E-state index in [0.717, 1.165) is 23.2 Å². The lowest BCUT2D eigenvalue weighted by Gasteiger charge is -2.06. The normalized spacial score (nSPS) is 10.4. The molecule has 16 heavy (non-hydrogen) atoms. The van der Waals surface area contributed by atoms with E-state index in [-0.39, 0.29) is 0 Å². The van der Waals surface area contributed by atoms with Gasteiger partial charge >= 0.3 is 0 Å². The van der Waals surface area contributed by atoms with Crippen LogP contribution in [0.25, 0.3) is 11.3 Å². The third-order valence-corrected chi connectivity index (χ3v) is 2.63. The first-order chi connectivity index (χ1) is 7.70. The summed E-state index contributed by atoms with van der Waals surface area (Å²) in [5.41, 5.74) is 9.96. The van der Waals surface area contributed by atoms with E-state index in [2.05, 4.69) is 41.2 Å². The first kappa shape index (κ1) is 10.6. The minimum atomic E-state index is 0.320. The van der Waals surface area contributed by atoms with Crippen molar-refractivity contribution in [2.75, 3.05) is 5.73 Å². The molecule has 0 aliphatic carbocycles. The zero-order valence-corrected chi connectivity index (χ0v) is 9.57. The van der Waals surface area contributed by atoms with Crippen LogP contribution in [-0.4, -0.2) is 9.97 Å². The minimum Gasteiger partial charge on any atom is -0.368 e. The fourth-order valence-electron chi connectivity index (χ4n) is 1.65. The maximum Gasteiger partial charge on any atom is 0.220 e. The molecule has 1 aromatic carbocycles. The lowest BCUT2D eigenvalue weighted by atomic mass is 10.1. The highest BCUT2D eigenvalue weighted by Crippen LogP contribution is 2.21. The molecule has 0 saturated carbocycles. The van der Waals surface area contributed by atoms with Gasteiger partial charge in [0.25, 0.3) is 0 Å². The molecule has 0 amide bonds. The highest BCUT2D eigenvalue weighted by atomic mass is 15.0. The second kappa shape index (κ2) is 4.31. The van der Waals surface area contributed by atoms with Gasteiger partial charge in [0.05, 0.1) is 5.69 Å². The van der Waals surface area contributed by atoms with Crippen LogP contribution in [0, 0.1) is 6.92 Å². The van der Waals surface area contributed by atoms with Crippen LogP contribution < -0.4 is 5.73 Å². The second-order valence-electron chi connectivity index (χ2n) is 3.81. The lowest BCUT2D eigenvalue weighted by Crippen LogP contribution is -1.98. The zero-order valence-electron chi connectivity index (χ0n) is 9.57. The number of aryl methyl sites for hydroxylation is 2. The molecule has 0 unspecified atom stereocenters. The quantitative estimate of drug-likeness (QED) is 0.834. The molecule has 1 heterocycles. The van der Waals surface area contributed by atoms with E-state index in [4.69, 9.17) is 5.73 Å². The predicted octanol–water partition coefficient (Wildman–Crippen LogP) is 2.60. The molecule has 2 aromatic rings. The first-order valence-electron chi connectivity index (χ1n) is 5.39. The molecule has 3 nitrogen and oxygen atoms in total. The van der Waals surface area contributed by atoms with Crippen LogP contribution >= 0.6 is 0 Å².